The summed E-state index contributed by atoms with van der Waals surface area (Å²) in [6.07, 6.45) is 0.934. The molecule has 1 aromatic heterocycles. The van der Waals surface area contributed by atoms with Gasteiger partial charge in [0.2, 0.25) is 15.9 Å². The van der Waals surface area contributed by atoms with Crippen molar-refractivity contribution < 1.29 is 27.2 Å². The van der Waals surface area contributed by atoms with Gasteiger partial charge in [0.15, 0.2) is 5.78 Å². The number of carbonyl (C=O) groups excluding carboxylic acids is 3. The van der Waals surface area contributed by atoms with Crippen LogP contribution >= 0.6 is 22.9 Å². The van der Waals surface area contributed by atoms with Crippen LogP contribution in [0.25, 0.3) is 10.1 Å². The molecule has 0 saturated heterocycles. The van der Waals surface area contributed by atoms with E-state index >= 15 is 0 Å². The molecular weight excluding hydrogens is 577 g/mol. The van der Waals surface area contributed by atoms with Crippen LogP contribution in [0, 0.1) is 11.7 Å². The van der Waals surface area contributed by atoms with Crippen LogP contribution in [0.5, 0.6) is 0 Å². The minimum Gasteiger partial charge on any atom is -0.354 e. The molecular formula is C28H33ClFN3O5S2. The Kier molecular flexibility index (Phi) is 11.2. The largest absolute Gasteiger partial charge is 0.354 e. The summed E-state index contributed by atoms with van der Waals surface area (Å²) in [6.45, 7) is 5.68. The van der Waals surface area contributed by atoms with E-state index in [0.717, 1.165) is 28.3 Å². The zero-order valence-electron chi connectivity index (χ0n) is 22.5. The van der Waals surface area contributed by atoms with Gasteiger partial charge in [-0.15, -0.1) is 11.3 Å². The number of sulfonamides is 1. The predicted molar refractivity (Wildman–Crippen MR) is 156 cm³/mol. The standard InChI is InChI=1S/C28H33ClFN3O5S2/c1-4-23(34)21(33-40(37,38)26-12-11-19(30)16-20(26)29)9-7-13-31-27(35)22(14-17(2)3)32-28(36)25-15-18-8-5-6-10-24(18)39-25/h5-6,8,10-12,15-17,21-22,33H,4,7,9,13-14H2,1-3H3,(H,31,35)(H,32,36)/t21?,22-/m0/s1. The molecule has 2 atom stereocenters. The highest BCUT2D eigenvalue weighted by Gasteiger charge is 2.27. The molecule has 3 N–H and O–H groups in total. The third kappa shape index (κ3) is 8.57. The van der Waals surface area contributed by atoms with Crippen LogP contribution < -0.4 is 15.4 Å². The lowest BCUT2D eigenvalue weighted by atomic mass is 10.0. The summed E-state index contributed by atoms with van der Waals surface area (Å²) in [5.74, 6) is -1.57. The van der Waals surface area contributed by atoms with Gasteiger partial charge in [-0.05, 0) is 60.9 Å². The highest BCUT2D eigenvalue weighted by atomic mass is 35.5. The van der Waals surface area contributed by atoms with Crippen LogP contribution in [0.2, 0.25) is 5.02 Å². The molecule has 1 heterocycles. The van der Waals surface area contributed by atoms with Crippen molar-refractivity contribution in [1.29, 1.82) is 0 Å². The van der Waals surface area contributed by atoms with Crippen LogP contribution in [0.1, 0.15) is 56.1 Å². The fourth-order valence-electron chi connectivity index (χ4n) is 4.14. The summed E-state index contributed by atoms with van der Waals surface area (Å²) in [7, 11) is -4.20. The summed E-state index contributed by atoms with van der Waals surface area (Å²) >= 11 is 7.27. The maximum atomic E-state index is 13.4. The zero-order chi connectivity index (χ0) is 29.4. The summed E-state index contributed by atoms with van der Waals surface area (Å²) in [4.78, 5) is 38.6. The van der Waals surface area contributed by atoms with E-state index in [9.17, 15) is 27.2 Å². The summed E-state index contributed by atoms with van der Waals surface area (Å²) in [6, 6.07) is 10.5. The number of fused-ring (bicyclic) bond motifs is 1. The Morgan fingerprint density at radius 2 is 1.77 bits per heavy atom. The number of hydrogen-bond acceptors (Lipinski definition) is 6. The number of thiophene rings is 1. The van der Waals surface area contributed by atoms with E-state index in [-0.39, 0.29) is 52.8 Å². The molecule has 2 amide bonds. The Morgan fingerprint density at radius 1 is 1.05 bits per heavy atom. The second kappa shape index (κ2) is 14.2. The average molecular weight is 610 g/mol. The summed E-state index contributed by atoms with van der Waals surface area (Å²) in [5.41, 5.74) is 0. The lowest BCUT2D eigenvalue weighted by molar-refractivity contribution is -0.123. The molecule has 40 heavy (non-hydrogen) atoms. The van der Waals surface area contributed by atoms with Crippen molar-refractivity contribution in [2.24, 2.45) is 5.92 Å². The number of rotatable bonds is 14. The SMILES string of the molecule is CCC(=O)C(CCCNC(=O)[C@H](CC(C)C)NC(=O)c1cc2ccccc2s1)NS(=O)(=O)c1ccc(F)cc1Cl. The molecule has 2 aromatic carbocycles. The Labute approximate surface area is 242 Å². The minimum atomic E-state index is -4.20. The molecule has 0 aliphatic heterocycles. The zero-order valence-corrected chi connectivity index (χ0v) is 24.9. The van der Waals surface area contributed by atoms with Crippen LogP contribution in [-0.2, 0) is 19.6 Å². The number of Topliss-reactive ketones (excluding diaryl/α,β-unsaturated/α-hetero) is 1. The molecule has 216 valence electrons. The normalized spacial score (nSPS) is 13.2. The molecule has 0 aliphatic rings. The number of ketones is 1. The smallest absolute Gasteiger partial charge is 0.262 e. The first kappa shape index (κ1) is 31.7. The Hall–Kier alpha value is -2.86. The molecule has 12 heteroatoms. The van der Waals surface area contributed by atoms with E-state index in [4.69, 9.17) is 11.6 Å². The van der Waals surface area contributed by atoms with Crippen molar-refractivity contribution >= 4 is 60.6 Å². The van der Waals surface area contributed by atoms with Gasteiger partial charge < -0.3 is 10.6 Å². The van der Waals surface area contributed by atoms with Gasteiger partial charge in [-0.2, -0.15) is 0 Å². The van der Waals surface area contributed by atoms with Gasteiger partial charge in [-0.25, -0.2) is 17.5 Å². The van der Waals surface area contributed by atoms with Crippen molar-refractivity contribution in [3.63, 3.8) is 0 Å². The molecule has 0 bridgehead atoms. The van der Waals surface area contributed by atoms with E-state index in [1.165, 1.54) is 11.3 Å². The lowest BCUT2D eigenvalue weighted by Crippen LogP contribution is -2.47. The van der Waals surface area contributed by atoms with Gasteiger partial charge in [0.1, 0.15) is 16.8 Å². The number of hydrogen-bond donors (Lipinski definition) is 3. The third-order valence-corrected chi connectivity index (χ3v) is 9.23. The molecule has 0 aliphatic carbocycles. The first-order valence-corrected chi connectivity index (χ1v) is 15.7. The lowest BCUT2D eigenvalue weighted by Gasteiger charge is -2.21. The van der Waals surface area contributed by atoms with E-state index in [1.807, 2.05) is 38.1 Å². The van der Waals surface area contributed by atoms with Crippen molar-refractivity contribution in [2.75, 3.05) is 6.54 Å². The van der Waals surface area contributed by atoms with Gasteiger partial charge in [0.05, 0.1) is 15.9 Å². The first-order valence-electron chi connectivity index (χ1n) is 13.0. The fourth-order valence-corrected chi connectivity index (χ4v) is 6.89. The molecule has 1 unspecified atom stereocenters. The quantitative estimate of drug-likeness (QED) is 0.221. The number of halogens is 2. The van der Waals surface area contributed by atoms with Crippen molar-refractivity contribution in [3.8, 4) is 0 Å². The molecule has 0 saturated carbocycles. The molecule has 0 fully saturated rings. The van der Waals surface area contributed by atoms with Gasteiger partial charge in [0.25, 0.3) is 5.91 Å². The van der Waals surface area contributed by atoms with Gasteiger partial charge in [0, 0.05) is 17.7 Å². The number of nitrogens with one attached hydrogen (secondary N) is 3. The summed E-state index contributed by atoms with van der Waals surface area (Å²) in [5, 5.41) is 6.29. The molecule has 8 nitrogen and oxygen atoms in total. The third-order valence-electron chi connectivity index (χ3n) is 6.17. The molecule has 3 aromatic rings. The van der Waals surface area contributed by atoms with Crippen LogP contribution in [-0.4, -0.2) is 44.6 Å². The highest BCUT2D eigenvalue weighted by molar-refractivity contribution is 7.89. The Balaban J connectivity index is 1.59. The van der Waals surface area contributed by atoms with E-state index < -0.39 is 27.9 Å². The van der Waals surface area contributed by atoms with Crippen LogP contribution in [0.4, 0.5) is 4.39 Å². The average Bonchev–Trinajstić information content (AvgIpc) is 3.33. The first-order chi connectivity index (χ1) is 18.9. The second-order valence-electron chi connectivity index (χ2n) is 9.81. The number of amides is 2. The Bertz CT molecular complexity index is 1440. The number of carbonyl (C=O) groups is 3. The second-order valence-corrected chi connectivity index (χ2v) is 13.0. The van der Waals surface area contributed by atoms with Crippen LogP contribution in [0.15, 0.2) is 53.4 Å². The molecule has 3 rings (SSSR count). The van der Waals surface area contributed by atoms with E-state index in [0.29, 0.717) is 17.7 Å². The molecule has 0 radical (unpaired) electrons. The highest BCUT2D eigenvalue weighted by Crippen LogP contribution is 2.25. The van der Waals surface area contributed by atoms with Crippen LogP contribution in [0.3, 0.4) is 0 Å². The maximum absolute atomic E-state index is 13.4. The van der Waals surface area contributed by atoms with Gasteiger partial charge >= 0.3 is 0 Å². The predicted octanol–water partition coefficient (Wildman–Crippen LogP) is 5.06. The summed E-state index contributed by atoms with van der Waals surface area (Å²) < 4.78 is 42.4. The van der Waals surface area contributed by atoms with E-state index in [1.54, 1.807) is 13.0 Å². The van der Waals surface area contributed by atoms with E-state index in [2.05, 4.69) is 15.4 Å². The maximum Gasteiger partial charge on any atom is 0.262 e. The molecule has 0 spiro atoms. The Morgan fingerprint density at radius 3 is 2.42 bits per heavy atom. The van der Waals surface area contributed by atoms with Gasteiger partial charge in [-0.3, -0.25) is 14.4 Å². The van der Waals surface area contributed by atoms with Gasteiger partial charge in [-0.1, -0.05) is 50.6 Å². The van der Waals surface area contributed by atoms with Crippen molar-refractivity contribution in [2.45, 2.75) is 63.4 Å². The monoisotopic (exact) mass is 609 g/mol. The fraction of sp³-hybridized carbons (Fsp3) is 0.393. The topological polar surface area (TPSA) is 121 Å². The van der Waals surface area contributed by atoms with Crippen molar-refractivity contribution in [3.05, 3.63) is 64.2 Å². The number of benzene rings is 2. The minimum absolute atomic E-state index is 0.0942. The van der Waals surface area contributed by atoms with Crippen molar-refractivity contribution in [1.82, 2.24) is 15.4 Å².